The van der Waals surface area contributed by atoms with Crippen LogP contribution in [0, 0.1) is 17.4 Å². The van der Waals surface area contributed by atoms with E-state index < -0.39 is 0 Å². The number of hydrogen-bond acceptors (Lipinski definition) is 7. The number of nitrogens with zero attached hydrogens (tertiary/aromatic N) is 4. The largest absolute Gasteiger partial charge is 0.354 e. The van der Waals surface area contributed by atoms with Gasteiger partial charge in [-0.25, -0.2) is 4.98 Å². The number of anilines is 2. The fourth-order valence-electron chi connectivity index (χ4n) is 4.43. The van der Waals surface area contributed by atoms with Crippen molar-refractivity contribution >= 4 is 28.6 Å². The first kappa shape index (κ1) is 18.6. The number of benzene rings is 1. The van der Waals surface area contributed by atoms with Gasteiger partial charge in [-0.3, -0.25) is 9.78 Å². The molecule has 2 N–H and O–H groups in total. The minimum atomic E-state index is -0.167. The van der Waals surface area contributed by atoms with Gasteiger partial charge in [0.25, 0.3) is 5.91 Å². The highest BCUT2D eigenvalue weighted by molar-refractivity contribution is 7.17. The molecule has 0 radical (unpaired) electrons. The Morgan fingerprint density at radius 2 is 2.07 bits per heavy atom. The van der Waals surface area contributed by atoms with Crippen molar-refractivity contribution in [2.75, 3.05) is 11.9 Å². The summed E-state index contributed by atoms with van der Waals surface area (Å²) >= 11 is 1.36. The molecular weight excluding hydrogens is 396 g/mol. The second-order valence-electron chi connectivity index (χ2n) is 7.60. The quantitative estimate of drug-likeness (QED) is 0.617. The van der Waals surface area contributed by atoms with Gasteiger partial charge in [0.05, 0.1) is 28.8 Å². The number of thiazole rings is 1. The van der Waals surface area contributed by atoms with E-state index in [0.29, 0.717) is 10.9 Å². The van der Waals surface area contributed by atoms with Crippen LogP contribution in [0.25, 0.3) is 10.4 Å². The molecule has 1 aromatic carbocycles. The molecule has 1 saturated carbocycles. The Balaban J connectivity index is 1.34. The van der Waals surface area contributed by atoms with Crippen molar-refractivity contribution in [3.05, 3.63) is 60.0 Å². The van der Waals surface area contributed by atoms with Gasteiger partial charge in [-0.05, 0) is 37.0 Å². The molecule has 30 heavy (non-hydrogen) atoms. The van der Waals surface area contributed by atoms with Gasteiger partial charge in [0.1, 0.15) is 0 Å². The predicted octanol–water partition coefficient (Wildman–Crippen LogP) is 3.62. The maximum Gasteiger partial charge on any atom is 0.280 e. The average Bonchev–Trinajstić information content (AvgIpc) is 3.50. The lowest BCUT2D eigenvalue weighted by Gasteiger charge is -2.21. The number of para-hydroxylation sites is 1. The van der Waals surface area contributed by atoms with E-state index in [1.165, 1.54) is 11.3 Å². The molecule has 0 spiro atoms. The highest BCUT2D eigenvalue weighted by Gasteiger charge is 2.47. The highest BCUT2D eigenvalue weighted by atomic mass is 32.1. The van der Waals surface area contributed by atoms with Crippen LogP contribution in [0.15, 0.2) is 55.0 Å². The Morgan fingerprint density at radius 3 is 2.87 bits per heavy atom. The molecule has 3 aromatic rings. The van der Waals surface area contributed by atoms with Crippen LogP contribution in [0.1, 0.15) is 22.6 Å². The van der Waals surface area contributed by atoms with Gasteiger partial charge >= 0.3 is 0 Å². The summed E-state index contributed by atoms with van der Waals surface area (Å²) in [5.41, 5.74) is 2.77. The number of carbonyl (C=O) groups excluding carboxylic acids is 1. The fourth-order valence-corrected chi connectivity index (χ4v) is 5.29. The lowest BCUT2D eigenvalue weighted by molar-refractivity contribution is 0.0929. The molecule has 5 rings (SSSR count). The number of piperidine rings is 1. The van der Waals surface area contributed by atoms with Crippen LogP contribution in [-0.4, -0.2) is 39.4 Å². The summed E-state index contributed by atoms with van der Waals surface area (Å²) in [4.78, 5) is 24.1. The Bertz CT molecular complexity index is 1110. The Labute approximate surface area is 178 Å². The number of rotatable bonds is 5. The molecule has 150 valence electrons. The molecule has 2 unspecified atom stereocenters. The molecule has 2 bridgehead atoms. The lowest BCUT2D eigenvalue weighted by Crippen LogP contribution is -2.42. The van der Waals surface area contributed by atoms with Crippen molar-refractivity contribution in [2.45, 2.75) is 24.9 Å². The van der Waals surface area contributed by atoms with E-state index in [0.717, 1.165) is 41.2 Å². The summed E-state index contributed by atoms with van der Waals surface area (Å²) in [5, 5.41) is 16.2. The van der Waals surface area contributed by atoms with Gasteiger partial charge in [0.15, 0.2) is 11.2 Å². The number of hydrogen-bond donors (Lipinski definition) is 2. The van der Waals surface area contributed by atoms with E-state index in [1.807, 2.05) is 36.4 Å². The predicted molar refractivity (Wildman–Crippen MR) is 115 cm³/mol. The van der Waals surface area contributed by atoms with Gasteiger partial charge < -0.3 is 15.5 Å². The van der Waals surface area contributed by atoms with Crippen LogP contribution in [0.2, 0.25) is 0 Å². The third kappa shape index (κ3) is 3.37. The molecule has 7 nitrogen and oxygen atoms in total. The van der Waals surface area contributed by atoms with Crippen molar-refractivity contribution in [1.29, 1.82) is 5.26 Å². The van der Waals surface area contributed by atoms with E-state index >= 15 is 0 Å². The summed E-state index contributed by atoms with van der Waals surface area (Å²) in [5.74, 6) is 0.180. The number of fused-ring (bicyclic) bond motifs is 2. The van der Waals surface area contributed by atoms with Crippen molar-refractivity contribution in [3.8, 4) is 16.6 Å². The molecule has 2 aliphatic rings. The fraction of sp³-hybridized carbons (Fsp3) is 0.273. The van der Waals surface area contributed by atoms with E-state index in [4.69, 9.17) is 0 Å². The number of nitriles is 1. The van der Waals surface area contributed by atoms with Crippen LogP contribution in [0.3, 0.4) is 0 Å². The minimum Gasteiger partial charge on any atom is -0.354 e. The average molecular weight is 417 g/mol. The molecule has 8 heteroatoms. The summed E-state index contributed by atoms with van der Waals surface area (Å²) in [6.07, 6.45) is 9.50. The molecule has 2 fully saturated rings. The van der Waals surface area contributed by atoms with E-state index in [9.17, 15) is 10.1 Å². The first-order chi connectivity index (χ1) is 14.7. The third-order valence-corrected chi connectivity index (χ3v) is 6.88. The van der Waals surface area contributed by atoms with Crippen LogP contribution >= 0.6 is 11.3 Å². The second kappa shape index (κ2) is 7.76. The van der Waals surface area contributed by atoms with Crippen molar-refractivity contribution in [1.82, 2.24) is 20.2 Å². The molecule has 1 saturated heterocycles. The number of aromatic nitrogens is 2. The number of nitrogens with one attached hydrogen (secondary N) is 2. The minimum absolute atomic E-state index is 0.0285. The zero-order valence-corrected chi connectivity index (χ0v) is 17.0. The van der Waals surface area contributed by atoms with E-state index in [2.05, 4.69) is 26.8 Å². The Hall–Kier alpha value is -3.44. The van der Waals surface area contributed by atoms with Gasteiger partial charge in [-0.15, -0.1) is 11.3 Å². The summed E-state index contributed by atoms with van der Waals surface area (Å²) in [6, 6.07) is 11.9. The van der Waals surface area contributed by atoms with E-state index in [-0.39, 0.29) is 18.0 Å². The Morgan fingerprint density at radius 1 is 1.20 bits per heavy atom. The molecule has 1 aliphatic carbocycles. The number of likely N-dealkylation sites (tertiary alicyclic amines) is 1. The topological polar surface area (TPSA) is 93.9 Å². The summed E-state index contributed by atoms with van der Waals surface area (Å²) in [6.45, 7) is 0.737. The van der Waals surface area contributed by atoms with Gasteiger partial charge in [0, 0.05) is 30.2 Å². The standard InChI is InChI=1S/C22H20N6OS/c23-13-28-12-14-6-7-18(28)20(14)27-21(29)22-25-11-19(30-22)16-8-9-24-10-17(16)26-15-4-2-1-3-5-15/h1-5,8-11,14,18,20,26H,6-7,12H2,(H,27,29)/t14?,18?,20-/m1/s1. The monoisotopic (exact) mass is 416 g/mol. The number of pyridine rings is 1. The van der Waals surface area contributed by atoms with Crippen LogP contribution in [0.5, 0.6) is 0 Å². The smallest absolute Gasteiger partial charge is 0.280 e. The van der Waals surface area contributed by atoms with Crippen molar-refractivity contribution in [2.24, 2.45) is 5.92 Å². The zero-order valence-electron chi connectivity index (χ0n) is 16.2. The normalized spacial score (nSPS) is 22.0. The van der Waals surface area contributed by atoms with E-state index in [1.54, 1.807) is 23.5 Å². The summed E-state index contributed by atoms with van der Waals surface area (Å²) in [7, 11) is 0. The number of carbonyl (C=O) groups is 1. The SMILES string of the molecule is N#CN1CC2CCC1[C@@H]2NC(=O)c1ncc(-c2ccncc2Nc2ccccc2)s1. The summed E-state index contributed by atoms with van der Waals surface area (Å²) < 4.78 is 0. The molecular formula is C22H20N6OS. The van der Waals surface area contributed by atoms with Gasteiger partial charge in [-0.1, -0.05) is 18.2 Å². The lowest BCUT2D eigenvalue weighted by atomic mass is 10.1. The zero-order chi connectivity index (χ0) is 20.5. The second-order valence-corrected chi connectivity index (χ2v) is 8.63. The van der Waals surface area contributed by atoms with Gasteiger partial charge in [-0.2, -0.15) is 5.26 Å². The maximum atomic E-state index is 12.8. The molecule has 1 aliphatic heterocycles. The third-order valence-electron chi connectivity index (χ3n) is 5.85. The first-order valence-corrected chi connectivity index (χ1v) is 10.7. The van der Waals surface area contributed by atoms with Crippen LogP contribution < -0.4 is 10.6 Å². The first-order valence-electron chi connectivity index (χ1n) is 9.92. The molecule has 2 aromatic heterocycles. The van der Waals surface area contributed by atoms with Crippen LogP contribution in [0.4, 0.5) is 11.4 Å². The Kier molecular flexibility index (Phi) is 4.81. The van der Waals surface area contributed by atoms with Gasteiger partial charge in [0.2, 0.25) is 0 Å². The van der Waals surface area contributed by atoms with Crippen molar-refractivity contribution in [3.63, 3.8) is 0 Å². The number of amides is 1. The highest BCUT2D eigenvalue weighted by Crippen LogP contribution is 2.38. The van der Waals surface area contributed by atoms with Crippen LogP contribution in [-0.2, 0) is 0 Å². The molecule has 3 heterocycles. The molecule has 3 atom stereocenters. The maximum absolute atomic E-state index is 12.8. The molecule has 1 amide bonds. The van der Waals surface area contributed by atoms with Crippen molar-refractivity contribution < 1.29 is 4.79 Å².